The number of benzene rings is 2. The first kappa shape index (κ1) is 22.9. The molecule has 1 fully saturated rings. The van der Waals surface area contributed by atoms with Crippen LogP contribution >= 0.6 is 0 Å². The number of fused-ring (bicyclic) bond motifs is 1. The lowest BCUT2D eigenvalue weighted by atomic mass is 10.0. The monoisotopic (exact) mass is 480 g/mol. The van der Waals surface area contributed by atoms with Crippen molar-refractivity contribution >= 4 is 28.0 Å². The molecule has 5 rings (SSSR count). The molecule has 1 aliphatic rings. The number of alkyl halides is 3. The molecule has 1 saturated heterocycles. The van der Waals surface area contributed by atoms with Gasteiger partial charge in [-0.1, -0.05) is 18.2 Å². The van der Waals surface area contributed by atoms with Gasteiger partial charge in [-0.25, -0.2) is 4.98 Å². The van der Waals surface area contributed by atoms with Crippen LogP contribution < -0.4 is 15.8 Å². The standard InChI is InChI=1S/C26H23F3N4O2/c27-26(28,29)16-17-2-1-3-18(14-17)22-15-19-8-9-30-25(34)23(19)24(32-22)31-20-4-6-21(7-5-20)33-10-12-35-13-11-33/h1-9,14-15H,10-13,16H2,(H,30,34)(H,31,32). The van der Waals surface area contributed by atoms with Gasteiger partial charge in [0.1, 0.15) is 5.82 Å². The summed E-state index contributed by atoms with van der Waals surface area (Å²) in [6.45, 7) is 3.03. The Kier molecular flexibility index (Phi) is 6.17. The van der Waals surface area contributed by atoms with E-state index < -0.39 is 12.6 Å². The maximum Gasteiger partial charge on any atom is 0.393 e. The Morgan fingerprint density at radius 3 is 2.54 bits per heavy atom. The number of nitrogens with one attached hydrogen (secondary N) is 2. The fourth-order valence-electron chi connectivity index (χ4n) is 4.24. The van der Waals surface area contributed by atoms with E-state index in [4.69, 9.17) is 4.74 Å². The van der Waals surface area contributed by atoms with E-state index in [2.05, 4.69) is 20.2 Å². The average Bonchev–Trinajstić information content (AvgIpc) is 2.84. The predicted octanol–water partition coefficient (Wildman–Crippen LogP) is 5.28. The minimum atomic E-state index is -4.30. The molecule has 6 nitrogen and oxygen atoms in total. The lowest BCUT2D eigenvalue weighted by Crippen LogP contribution is -2.36. The van der Waals surface area contributed by atoms with Gasteiger partial charge in [-0.2, -0.15) is 13.2 Å². The molecule has 0 unspecified atom stereocenters. The number of nitrogens with zero attached hydrogens (tertiary/aromatic N) is 2. The zero-order chi connectivity index (χ0) is 24.4. The molecule has 0 aliphatic carbocycles. The molecule has 0 amide bonds. The van der Waals surface area contributed by atoms with Gasteiger partial charge in [0.15, 0.2) is 0 Å². The number of aromatic amines is 1. The average molecular weight is 480 g/mol. The molecule has 4 aromatic rings. The maximum atomic E-state index is 12.9. The van der Waals surface area contributed by atoms with Gasteiger partial charge in [-0.3, -0.25) is 4.79 Å². The van der Waals surface area contributed by atoms with Gasteiger partial charge in [-0.15, -0.1) is 0 Å². The summed E-state index contributed by atoms with van der Waals surface area (Å²) in [7, 11) is 0. The second kappa shape index (κ2) is 9.42. The van der Waals surface area contributed by atoms with E-state index in [0.717, 1.165) is 24.5 Å². The van der Waals surface area contributed by atoms with E-state index in [9.17, 15) is 18.0 Å². The fourth-order valence-corrected chi connectivity index (χ4v) is 4.24. The Hall–Kier alpha value is -3.85. The lowest BCUT2D eigenvalue weighted by molar-refractivity contribution is -0.127. The molecule has 3 heterocycles. The number of halogens is 3. The Bertz CT molecular complexity index is 1390. The Morgan fingerprint density at radius 2 is 1.80 bits per heavy atom. The quantitative estimate of drug-likeness (QED) is 0.407. The summed E-state index contributed by atoms with van der Waals surface area (Å²) in [5, 5.41) is 4.23. The molecule has 0 saturated carbocycles. The summed E-state index contributed by atoms with van der Waals surface area (Å²) in [6.07, 6.45) is -3.78. The van der Waals surface area contributed by atoms with Crippen LogP contribution in [0, 0.1) is 0 Å². The highest BCUT2D eigenvalue weighted by Gasteiger charge is 2.27. The van der Waals surface area contributed by atoms with Crippen LogP contribution in [0.1, 0.15) is 5.56 Å². The van der Waals surface area contributed by atoms with Crippen LogP contribution in [-0.4, -0.2) is 42.4 Å². The topological polar surface area (TPSA) is 70.2 Å². The van der Waals surface area contributed by atoms with Crippen LogP contribution in [0.15, 0.2) is 71.7 Å². The zero-order valence-corrected chi connectivity index (χ0v) is 18.7. The van der Waals surface area contributed by atoms with Crippen LogP contribution in [0.4, 0.5) is 30.4 Å². The van der Waals surface area contributed by atoms with Crippen molar-refractivity contribution in [2.75, 3.05) is 36.5 Å². The molecule has 180 valence electrons. The van der Waals surface area contributed by atoms with Crippen molar-refractivity contribution < 1.29 is 17.9 Å². The second-order valence-corrected chi connectivity index (χ2v) is 8.39. The highest BCUT2D eigenvalue weighted by atomic mass is 19.4. The molecule has 9 heteroatoms. The number of morpholine rings is 1. The van der Waals surface area contributed by atoms with E-state index in [1.165, 1.54) is 18.3 Å². The normalized spacial score (nSPS) is 14.3. The Balaban J connectivity index is 1.51. The van der Waals surface area contributed by atoms with E-state index in [1.807, 2.05) is 24.3 Å². The number of rotatable bonds is 5. The number of ether oxygens (including phenoxy) is 1. The summed E-state index contributed by atoms with van der Waals surface area (Å²) in [4.78, 5) is 22.2. The van der Waals surface area contributed by atoms with Crippen molar-refractivity contribution in [3.8, 4) is 11.3 Å². The van der Waals surface area contributed by atoms with Crippen molar-refractivity contribution in [3.05, 3.63) is 82.8 Å². The molecule has 0 spiro atoms. The lowest BCUT2D eigenvalue weighted by Gasteiger charge is -2.28. The third-order valence-electron chi connectivity index (χ3n) is 5.89. The smallest absolute Gasteiger partial charge is 0.378 e. The van der Waals surface area contributed by atoms with Crippen molar-refractivity contribution in [2.24, 2.45) is 0 Å². The van der Waals surface area contributed by atoms with Crippen molar-refractivity contribution in [1.29, 1.82) is 0 Å². The van der Waals surface area contributed by atoms with Crippen LogP contribution in [0.2, 0.25) is 0 Å². The number of hydrogen-bond donors (Lipinski definition) is 2. The molecular formula is C26H23F3N4O2. The number of pyridine rings is 2. The van der Waals surface area contributed by atoms with E-state index in [0.29, 0.717) is 41.1 Å². The fraction of sp³-hybridized carbons (Fsp3) is 0.231. The molecule has 2 aromatic carbocycles. The molecule has 2 aromatic heterocycles. The van der Waals surface area contributed by atoms with Crippen LogP contribution in [0.5, 0.6) is 0 Å². The zero-order valence-electron chi connectivity index (χ0n) is 18.7. The molecule has 2 N–H and O–H groups in total. The highest BCUT2D eigenvalue weighted by molar-refractivity contribution is 5.95. The van der Waals surface area contributed by atoms with Crippen molar-refractivity contribution in [2.45, 2.75) is 12.6 Å². The first-order valence-electron chi connectivity index (χ1n) is 11.2. The Morgan fingerprint density at radius 1 is 1.03 bits per heavy atom. The van der Waals surface area contributed by atoms with E-state index in [1.54, 1.807) is 24.3 Å². The molecule has 0 atom stereocenters. The summed E-state index contributed by atoms with van der Waals surface area (Å²) < 4.78 is 44.1. The first-order chi connectivity index (χ1) is 16.9. The van der Waals surface area contributed by atoms with Gasteiger partial charge in [0.25, 0.3) is 5.56 Å². The minimum absolute atomic E-state index is 0.149. The number of aromatic nitrogens is 2. The van der Waals surface area contributed by atoms with Gasteiger partial charge >= 0.3 is 6.18 Å². The van der Waals surface area contributed by atoms with Crippen LogP contribution in [0.25, 0.3) is 22.0 Å². The molecule has 0 radical (unpaired) electrons. The summed E-state index contributed by atoms with van der Waals surface area (Å²) in [6, 6.07) is 17.5. The van der Waals surface area contributed by atoms with Gasteiger partial charge in [0, 0.05) is 36.2 Å². The number of hydrogen-bond acceptors (Lipinski definition) is 5. The maximum absolute atomic E-state index is 12.9. The molecule has 35 heavy (non-hydrogen) atoms. The predicted molar refractivity (Wildman–Crippen MR) is 130 cm³/mol. The third kappa shape index (κ3) is 5.30. The molecule has 1 aliphatic heterocycles. The number of anilines is 3. The van der Waals surface area contributed by atoms with E-state index in [-0.39, 0.29) is 11.1 Å². The Labute approximate surface area is 199 Å². The number of H-pyrrole nitrogens is 1. The largest absolute Gasteiger partial charge is 0.393 e. The summed E-state index contributed by atoms with van der Waals surface area (Å²) in [5.74, 6) is 0.333. The summed E-state index contributed by atoms with van der Waals surface area (Å²) in [5.41, 5.74) is 2.67. The highest BCUT2D eigenvalue weighted by Crippen LogP contribution is 2.30. The van der Waals surface area contributed by atoms with Gasteiger partial charge in [-0.05, 0) is 53.4 Å². The van der Waals surface area contributed by atoms with Crippen LogP contribution in [-0.2, 0) is 11.2 Å². The second-order valence-electron chi connectivity index (χ2n) is 8.39. The van der Waals surface area contributed by atoms with Crippen molar-refractivity contribution in [1.82, 2.24) is 9.97 Å². The SMILES string of the molecule is O=c1[nH]ccc2cc(-c3cccc(CC(F)(F)F)c3)nc(Nc3ccc(N4CCOCC4)cc3)c12. The first-order valence-corrected chi connectivity index (χ1v) is 11.2. The third-order valence-corrected chi connectivity index (χ3v) is 5.89. The summed E-state index contributed by atoms with van der Waals surface area (Å²) >= 11 is 0. The van der Waals surface area contributed by atoms with Gasteiger partial charge < -0.3 is 19.9 Å². The van der Waals surface area contributed by atoms with Gasteiger partial charge in [0.05, 0.1) is 30.7 Å². The minimum Gasteiger partial charge on any atom is -0.378 e. The van der Waals surface area contributed by atoms with E-state index >= 15 is 0 Å². The van der Waals surface area contributed by atoms with Crippen molar-refractivity contribution in [3.63, 3.8) is 0 Å². The van der Waals surface area contributed by atoms with Gasteiger partial charge in [0.2, 0.25) is 0 Å². The molecular weight excluding hydrogens is 457 g/mol. The molecule has 0 bridgehead atoms. The van der Waals surface area contributed by atoms with Crippen LogP contribution in [0.3, 0.4) is 0 Å².